The van der Waals surface area contributed by atoms with E-state index in [1.165, 1.54) is 12.8 Å². The molecule has 1 N–H and O–H groups in total. The van der Waals surface area contributed by atoms with Crippen molar-refractivity contribution in [3.63, 3.8) is 0 Å². The Labute approximate surface area is 93.1 Å². The van der Waals surface area contributed by atoms with Crippen LogP contribution in [0.4, 0.5) is 0 Å². The van der Waals surface area contributed by atoms with Crippen LogP contribution in [0.5, 0.6) is 0 Å². The first-order chi connectivity index (χ1) is 6.65. The van der Waals surface area contributed by atoms with E-state index in [1.807, 2.05) is 0 Å². The molecule has 1 saturated heterocycles. The summed E-state index contributed by atoms with van der Waals surface area (Å²) < 4.78 is 0. The van der Waals surface area contributed by atoms with E-state index in [9.17, 15) is 0 Å². The van der Waals surface area contributed by atoms with Gasteiger partial charge in [-0.3, -0.25) is 0 Å². The molecule has 1 fully saturated rings. The second-order valence-corrected chi connectivity index (χ2v) is 4.81. The fourth-order valence-corrected chi connectivity index (χ4v) is 2.31. The normalized spacial score (nSPS) is 22.6. The van der Waals surface area contributed by atoms with Gasteiger partial charge < -0.3 is 10.2 Å². The quantitative estimate of drug-likeness (QED) is 0.710. The largest absolute Gasteiger partial charge is 0.363 e. The lowest BCUT2D eigenvalue weighted by atomic mass is 9.88. The average molecular weight is 214 g/mol. The third-order valence-corrected chi connectivity index (χ3v) is 3.42. The highest BCUT2D eigenvalue weighted by atomic mass is 32.1. The van der Waals surface area contributed by atoms with Gasteiger partial charge in [-0.1, -0.05) is 13.8 Å². The van der Waals surface area contributed by atoms with Crippen LogP contribution in [0.3, 0.4) is 0 Å². The van der Waals surface area contributed by atoms with E-state index < -0.39 is 0 Å². The molecule has 82 valence electrons. The standard InChI is InChI=1S/C11H22N2S/c1-4-12-11(14)13-7-5-6-10(8-13)9(2)3/h9-10H,4-8H2,1-3H3,(H,12,14). The molecule has 0 aromatic heterocycles. The summed E-state index contributed by atoms with van der Waals surface area (Å²) >= 11 is 5.33. The lowest BCUT2D eigenvalue weighted by molar-refractivity contribution is 0.210. The fraction of sp³-hybridized carbons (Fsp3) is 0.909. The monoisotopic (exact) mass is 214 g/mol. The summed E-state index contributed by atoms with van der Waals surface area (Å²) in [5.74, 6) is 1.60. The van der Waals surface area contributed by atoms with Crippen LogP contribution in [0.15, 0.2) is 0 Å². The molecule has 1 rings (SSSR count). The second-order valence-electron chi connectivity index (χ2n) is 4.43. The van der Waals surface area contributed by atoms with Crippen molar-refractivity contribution in [3.8, 4) is 0 Å². The van der Waals surface area contributed by atoms with Crippen molar-refractivity contribution in [2.24, 2.45) is 11.8 Å². The molecule has 1 unspecified atom stereocenters. The zero-order valence-electron chi connectivity index (χ0n) is 9.55. The van der Waals surface area contributed by atoms with Gasteiger partial charge in [-0.05, 0) is 43.8 Å². The van der Waals surface area contributed by atoms with Gasteiger partial charge in [0.05, 0.1) is 0 Å². The number of likely N-dealkylation sites (tertiary alicyclic amines) is 1. The zero-order chi connectivity index (χ0) is 10.6. The first-order valence-corrected chi connectivity index (χ1v) is 6.08. The van der Waals surface area contributed by atoms with Crippen molar-refractivity contribution < 1.29 is 0 Å². The molecule has 0 aromatic carbocycles. The van der Waals surface area contributed by atoms with Gasteiger partial charge in [0.2, 0.25) is 0 Å². The van der Waals surface area contributed by atoms with Crippen molar-refractivity contribution in [3.05, 3.63) is 0 Å². The molecule has 1 atom stereocenters. The molecule has 3 heteroatoms. The highest BCUT2D eigenvalue weighted by Gasteiger charge is 2.23. The van der Waals surface area contributed by atoms with Gasteiger partial charge in [0, 0.05) is 19.6 Å². The molecule has 2 nitrogen and oxygen atoms in total. The van der Waals surface area contributed by atoms with E-state index in [2.05, 4.69) is 31.0 Å². The minimum Gasteiger partial charge on any atom is -0.363 e. The van der Waals surface area contributed by atoms with Crippen LogP contribution in [0.1, 0.15) is 33.6 Å². The molecule has 0 radical (unpaired) electrons. The molecule has 1 aliphatic heterocycles. The first-order valence-electron chi connectivity index (χ1n) is 5.68. The van der Waals surface area contributed by atoms with E-state index in [-0.39, 0.29) is 0 Å². The topological polar surface area (TPSA) is 15.3 Å². The first kappa shape index (κ1) is 11.8. The molecule has 14 heavy (non-hydrogen) atoms. The number of rotatable bonds is 2. The second kappa shape index (κ2) is 5.54. The van der Waals surface area contributed by atoms with Gasteiger partial charge in [0.25, 0.3) is 0 Å². The number of thiocarbonyl (C=S) groups is 1. The smallest absolute Gasteiger partial charge is 0.168 e. The van der Waals surface area contributed by atoms with Crippen LogP contribution < -0.4 is 5.32 Å². The van der Waals surface area contributed by atoms with Gasteiger partial charge in [-0.15, -0.1) is 0 Å². The number of piperidine rings is 1. The third kappa shape index (κ3) is 3.12. The Bertz CT molecular complexity index is 192. The van der Waals surface area contributed by atoms with E-state index >= 15 is 0 Å². The van der Waals surface area contributed by atoms with Crippen LogP contribution in [0.2, 0.25) is 0 Å². The summed E-state index contributed by atoms with van der Waals surface area (Å²) in [6.45, 7) is 9.92. The van der Waals surface area contributed by atoms with E-state index in [1.54, 1.807) is 0 Å². The number of nitrogens with one attached hydrogen (secondary N) is 1. The summed E-state index contributed by atoms with van der Waals surface area (Å²) in [5.41, 5.74) is 0. The van der Waals surface area contributed by atoms with Crippen molar-refractivity contribution in [1.29, 1.82) is 0 Å². The maximum atomic E-state index is 5.33. The molecule has 1 heterocycles. The number of hydrogen-bond acceptors (Lipinski definition) is 1. The Hall–Kier alpha value is -0.310. The SMILES string of the molecule is CCNC(=S)N1CCCC(C(C)C)C1. The average Bonchev–Trinajstić information content (AvgIpc) is 2.18. The summed E-state index contributed by atoms with van der Waals surface area (Å²) in [6.07, 6.45) is 2.65. The molecular formula is C11H22N2S. The van der Waals surface area contributed by atoms with Crippen molar-refractivity contribution >= 4 is 17.3 Å². The van der Waals surface area contributed by atoms with Gasteiger partial charge >= 0.3 is 0 Å². The van der Waals surface area contributed by atoms with Crippen LogP contribution in [0, 0.1) is 11.8 Å². The van der Waals surface area contributed by atoms with E-state index in [0.29, 0.717) is 0 Å². The fourth-order valence-electron chi connectivity index (χ4n) is 2.00. The molecule has 0 bridgehead atoms. The predicted molar refractivity (Wildman–Crippen MR) is 65.4 cm³/mol. The highest BCUT2D eigenvalue weighted by Crippen LogP contribution is 2.23. The van der Waals surface area contributed by atoms with Crippen LogP contribution in [-0.2, 0) is 0 Å². The highest BCUT2D eigenvalue weighted by molar-refractivity contribution is 7.80. The molecule has 0 amide bonds. The Kier molecular flexibility index (Phi) is 4.66. The van der Waals surface area contributed by atoms with E-state index in [0.717, 1.165) is 36.6 Å². The Balaban J connectivity index is 2.43. The van der Waals surface area contributed by atoms with Gasteiger partial charge in [-0.25, -0.2) is 0 Å². The van der Waals surface area contributed by atoms with E-state index in [4.69, 9.17) is 12.2 Å². The lowest BCUT2D eigenvalue weighted by Gasteiger charge is -2.36. The predicted octanol–water partition coefficient (Wildman–Crippen LogP) is 2.25. The third-order valence-electron chi connectivity index (χ3n) is 3.02. The molecule has 0 aliphatic carbocycles. The molecule has 0 aromatic rings. The van der Waals surface area contributed by atoms with Gasteiger partial charge in [0.1, 0.15) is 0 Å². The lowest BCUT2D eigenvalue weighted by Crippen LogP contribution is -2.46. The number of nitrogens with zero attached hydrogens (tertiary/aromatic N) is 1. The summed E-state index contributed by atoms with van der Waals surface area (Å²) in [5, 5.41) is 4.17. The molecule has 0 saturated carbocycles. The van der Waals surface area contributed by atoms with Crippen LogP contribution >= 0.6 is 12.2 Å². The van der Waals surface area contributed by atoms with Gasteiger partial charge in [-0.2, -0.15) is 0 Å². The van der Waals surface area contributed by atoms with Crippen molar-refractivity contribution in [1.82, 2.24) is 10.2 Å². The van der Waals surface area contributed by atoms with Crippen LogP contribution in [0.25, 0.3) is 0 Å². The summed E-state index contributed by atoms with van der Waals surface area (Å²) in [4.78, 5) is 2.33. The van der Waals surface area contributed by atoms with Crippen molar-refractivity contribution in [2.45, 2.75) is 33.6 Å². The molecule has 0 spiro atoms. The Morgan fingerprint density at radius 1 is 1.57 bits per heavy atom. The number of hydrogen-bond donors (Lipinski definition) is 1. The minimum absolute atomic E-state index is 0.780. The van der Waals surface area contributed by atoms with Crippen molar-refractivity contribution in [2.75, 3.05) is 19.6 Å². The Morgan fingerprint density at radius 3 is 2.86 bits per heavy atom. The zero-order valence-corrected chi connectivity index (χ0v) is 10.4. The molecular weight excluding hydrogens is 192 g/mol. The minimum atomic E-state index is 0.780. The Morgan fingerprint density at radius 2 is 2.29 bits per heavy atom. The maximum absolute atomic E-state index is 5.33. The summed E-state index contributed by atoms with van der Waals surface area (Å²) in [7, 11) is 0. The maximum Gasteiger partial charge on any atom is 0.168 e. The van der Waals surface area contributed by atoms with Crippen LogP contribution in [-0.4, -0.2) is 29.6 Å². The van der Waals surface area contributed by atoms with Gasteiger partial charge in [0.15, 0.2) is 5.11 Å². The molecule has 1 aliphatic rings. The summed E-state index contributed by atoms with van der Waals surface area (Å²) in [6, 6.07) is 0.